The highest BCUT2D eigenvalue weighted by molar-refractivity contribution is 14.0. The highest BCUT2D eigenvalue weighted by Crippen LogP contribution is 2.22. The molecule has 1 aliphatic heterocycles. The number of hydrogen-bond acceptors (Lipinski definition) is 5. The monoisotopic (exact) mass is 555 g/mol. The Bertz CT molecular complexity index is 862. The molecular formula is C24H38IN5O2. The number of oxazole rings is 1. The summed E-state index contributed by atoms with van der Waals surface area (Å²) in [5, 5.41) is 6.61. The van der Waals surface area contributed by atoms with Gasteiger partial charge in [-0.3, -0.25) is 4.90 Å². The summed E-state index contributed by atoms with van der Waals surface area (Å²) in [6.07, 6.45) is 2.11. The molecule has 2 heterocycles. The quantitative estimate of drug-likeness (QED) is 0.305. The number of hydrogen-bond donors (Lipinski definition) is 2. The van der Waals surface area contributed by atoms with Gasteiger partial charge in [0.1, 0.15) is 5.76 Å². The molecule has 1 fully saturated rings. The molecule has 0 aliphatic carbocycles. The van der Waals surface area contributed by atoms with Crippen LogP contribution >= 0.6 is 24.0 Å². The van der Waals surface area contributed by atoms with Crippen LogP contribution in [0.1, 0.15) is 57.4 Å². The van der Waals surface area contributed by atoms with Crippen LogP contribution in [0.2, 0.25) is 0 Å². The van der Waals surface area contributed by atoms with Crippen LogP contribution in [-0.2, 0) is 29.8 Å². The lowest BCUT2D eigenvalue weighted by Crippen LogP contribution is -2.40. The van der Waals surface area contributed by atoms with Crippen molar-refractivity contribution in [3.05, 3.63) is 53.2 Å². The molecule has 1 aliphatic rings. The van der Waals surface area contributed by atoms with Crippen LogP contribution in [-0.4, -0.2) is 48.2 Å². The Labute approximate surface area is 209 Å². The van der Waals surface area contributed by atoms with Gasteiger partial charge in [-0.2, -0.15) is 0 Å². The average molecular weight is 556 g/mol. The van der Waals surface area contributed by atoms with Crippen LogP contribution in [0.5, 0.6) is 0 Å². The Hall–Kier alpha value is -1.65. The minimum Gasteiger partial charge on any atom is -0.443 e. The molecule has 2 aromatic rings. The fourth-order valence-electron chi connectivity index (χ4n) is 3.53. The molecule has 1 aromatic carbocycles. The third kappa shape index (κ3) is 8.37. The zero-order valence-corrected chi connectivity index (χ0v) is 22.3. The van der Waals surface area contributed by atoms with Crippen LogP contribution in [0.3, 0.4) is 0 Å². The number of nitrogens with one attached hydrogen (secondary N) is 2. The van der Waals surface area contributed by atoms with Crippen molar-refractivity contribution in [2.45, 2.75) is 65.8 Å². The second-order valence-electron chi connectivity index (χ2n) is 9.15. The van der Waals surface area contributed by atoms with Crippen molar-refractivity contribution in [2.24, 2.45) is 4.99 Å². The average Bonchev–Trinajstić information content (AvgIpc) is 3.20. The van der Waals surface area contributed by atoms with Gasteiger partial charge in [0.25, 0.3) is 0 Å². The molecule has 1 aromatic heterocycles. The highest BCUT2D eigenvalue weighted by Gasteiger charge is 2.19. The molecule has 1 atom stereocenters. The van der Waals surface area contributed by atoms with Crippen molar-refractivity contribution in [1.29, 1.82) is 0 Å². The summed E-state index contributed by atoms with van der Waals surface area (Å²) < 4.78 is 11.5. The van der Waals surface area contributed by atoms with Gasteiger partial charge in [0, 0.05) is 31.6 Å². The minimum atomic E-state index is -0.0475. The lowest BCUT2D eigenvalue weighted by molar-refractivity contribution is -0.0212. The number of guanidine groups is 1. The van der Waals surface area contributed by atoms with Crippen molar-refractivity contribution in [1.82, 2.24) is 20.5 Å². The topological polar surface area (TPSA) is 74.9 Å². The van der Waals surface area contributed by atoms with Gasteiger partial charge in [-0.15, -0.1) is 24.0 Å². The van der Waals surface area contributed by atoms with Gasteiger partial charge in [-0.25, -0.2) is 9.98 Å². The molecule has 1 saturated heterocycles. The fraction of sp³-hybridized carbons (Fsp3) is 0.583. The summed E-state index contributed by atoms with van der Waals surface area (Å²) in [5.74, 6) is 2.31. The minimum absolute atomic E-state index is 0. The first-order valence-corrected chi connectivity index (χ1v) is 11.2. The van der Waals surface area contributed by atoms with Gasteiger partial charge in [0.05, 0.1) is 32.0 Å². The van der Waals surface area contributed by atoms with Gasteiger partial charge >= 0.3 is 0 Å². The van der Waals surface area contributed by atoms with Gasteiger partial charge < -0.3 is 19.8 Å². The lowest BCUT2D eigenvalue weighted by Gasteiger charge is -2.31. The van der Waals surface area contributed by atoms with Crippen LogP contribution in [0.15, 0.2) is 39.9 Å². The van der Waals surface area contributed by atoms with E-state index in [1.54, 1.807) is 0 Å². The fourth-order valence-corrected chi connectivity index (χ4v) is 3.53. The number of halogens is 1. The molecule has 2 N–H and O–H groups in total. The third-order valence-corrected chi connectivity index (χ3v) is 5.19. The number of morpholine rings is 1. The summed E-state index contributed by atoms with van der Waals surface area (Å²) >= 11 is 0. The molecule has 0 amide bonds. The number of aromatic nitrogens is 1. The third-order valence-electron chi connectivity index (χ3n) is 5.19. The van der Waals surface area contributed by atoms with Crippen LogP contribution in [0.25, 0.3) is 0 Å². The molecule has 178 valence electrons. The second kappa shape index (κ2) is 12.6. The summed E-state index contributed by atoms with van der Waals surface area (Å²) in [5.41, 5.74) is 2.46. The molecule has 32 heavy (non-hydrogen) atoms. The van der Waals surface area contributed by atoms with Gasteiger partial charge in [-0.05, 0) is 25.0 Å². The first kappa shape index (κ1) is 26.6. The predicted molar refractivity (Wildman–Crippen MR) is 139 cm³/mol. The van der Waals surface area contributed by atoms with E-state index >= 15 is 0 Å². The van der Waals surface area contributed by atoms with Crippen LogP contribution in [0, 0.1) is 0 Å². The van der Waals surface area contributed by atoms with E-state index in [4.69, 9.17) is 14.1 Å². The summed E-state index contributed by atoms with van der Waals surface area (Å²) in [4.78, 5) is 11.6. The Kier molecular flexibility index (Phi) is 10.4. The number of ether oxygens (including phenoxy) is 1. The molecule has 1 unspecified atom stereocenters. The number of aliphatic imine (C=N–C) groups is 1. The van der Waals surface area contributed by atoms with E-state index in [0.29, 0.717) is 25.1 Å². The van der Waals surface area contributed by atoms with Crippen molar-refractivity contribution in [2.75, 3.05) is 26.2 Å². The Morgan fingerprint density at radius 3 is 2.72 bits per heavy atom. The van der Waals surface area contributed by atoms with E-state index in [1.165, 1.54) is 11.1 Å². The van der Waals surface area contributed by atoms with Crippen molar-refractivity contribution in [3.63, 3.8) is 0 Å². The van der Waals surface area contributed by atoms with E-state index in [-0.39, 0.29) is 29.4 Å². The second-order valence-corrected chi connectivity index (χ2v) is 9.15. The molecule has 0 spiro atoms. The van der Waals surface area contributed by atoms with Crippen molar-refractivity contribution in [3.8, 4) is 0 Å². The lowest BCUT2D eigenvalue weighted by atomic mass is 9.94. The Balaban J connectivity index is 0.00000363. The van der Waals surface area contributed by atoms with E-state index < -0.39 is 0 Å². The Morgan fingerprint density at radius 2 is 2.03 bits per heavy atom. The van der Waals surface area contributed by atoms with Gasteiger partial charge in [-0.1, -0.05) is 45.0 Å². The number of rotatable bonds is 7. The first-order chi connectivity index (χ1) is 14.8. The van der Waals surface area contributed by atoms with E-state index in [2.05, 4.69) is 79.4 Å². The van der Waals surface area contributed by atoms with E-state index in [1.807, 2.05) is 6.20 Å². The zero-order chi connectivity index (χ0) is 22.3. The normalized spacial score (nSPS) is 17.7. The largest absolute Gasteiger partial charge is 0.443 e. The molecule has 8 heteroatoms. The van der Waals surface area contributed by atoms with Crippen molar-refractivity contribution >= 4 is 29.9 Å². The van der Waals surface area contributed by atoms with E-state index in [9.17, 15) is 0 Å². The SMILES string of the molecule is CCNC(=NCc1cccc(CN2CCOC(C)C2)c1)NCc1ncc(C(C)(C)C)o1.I. The number of benzene rings is 1. The van der Waals surface area contributed by atoms with Gasteiger partial charge in [0.15, 0.2) is 5.96 Å². The van der Waals surface area contributed by atoms with Crippen molar-refractivity contribution < 1.29 is 9.15 Å². The first-order valence-electron chi connectivity index (χ1n) is 11.2. The predicted octanol–water partition coefficient (Wildman–Crippen LogP) is 4.07. The summed E-state index contributed by atoms with van der Waals surface area (Å²) in [6.45, 7) is 16.2. The van der Waals surface area contributed by atoms with Gasteiger partial charge in [0.2, 0.25) is 5.89 Å². The molecule has 3 rings (SSSR count). The zero-order valence-electron chi connectivity index (χ0n) is 20.0. The molecule has 0 saturated carbocycles. The van der Waals surface area contributed by atoms with Crippen LogP contribution in [0.4, 0.5) is 0 Å². The van der Waals surface area contributed by atoms with E-state index in [0.717, 1.165) is 44.5 Å². The maximum absolute atomic E-state index is 5.86. The molecular weight excluding hydrogens is 517 g/mol. The maximum Gasteiger partial charge on any atom is 0.213 e. The Morgan fingerprint density at radius 1 is 1.25 bits per heavy atom. The van der Waals surface area contributed by atoms with Crippen LogP contribution < -0.4 is 10.6 Å². The molecule has 0 radical (unpaired) electrons. The highest BCUT2D eigenvalue weighted by atomic mass is 127. The standard InChI is InChI=1S/C24H37N5O2.HI/c1-6-25-23(28-15-22-26-14-21(31-22)24(3,4)5)27-13-19-8-7-9-20(12-19)17-29-10-11-30-18(2)16-29;/h7-9,12,14,18H,6,10-11,13,15-17H2,1-5H3,(H2,25,27,28);1H. The maximum atomic E-state index is 5.86. The smallest absolute Gasteiger partial charge is 0.213 e. The molecule has 0 bridgehead atoms. The summed E-state index contributed by atoms with van der Waals surface area (Å²) in [6, 6.07) is 8.68. The molecule has 7 nitrogen and oxygen atoms in total. The summed E-state index contributed by atoms with van der Waals surface area (Å²) in [7, 11) is 0. The number of nitrogens with zero attached hydrogens (tertiary/aromatic N) is 3.